The number of methoxy groups -OCH3 is 1. The first-order chi connectivity index (χ1) is 18.1. The zero-order valence-electron chi connectivity index (χ0n) is 21.2. The van der Waals surface area contributed by atoms with Gasteiger partial charge in [0.1, 0.15) is 11.5 Å². The van der Waals surface area contributed by atoms with Gasteiger partial charge in [-0.05, 0) is 68.0 Å². The lowest BCUT2D eigenvalue weighted by Gasteiger charge is -2.28. The first-order valence-electron chi connectivity index (χ1n) is 12.4. The molecule has 6 heteroatoms. The van der Waals surface area contributed by atoms with Gasteiger partial charge in [-0.2, -0.15) is 0 Å². The SMILES string of the molecule is COc1cccc(Oc2ccccc2NC(=O)C2CCN(C)CC2)c1.O=Cc1cccc2ccccc12. The first kappa shape index (κ1) is 25.9. The van der Waals surface area contributed by atoms with Crippen molar-refractivity contribution in [1.29, 1.82) is 0 Å². The summed E-state index contributed by atoms with van der Waals surface area (Å²) in [6, 6.07) is 28.5. The van der Waals surface area contributed by atoms with Gasteiger partial charge >= 0.3 is 0 Å². The van der Waals surface area contributed by atoms with Crippen molar-refractivity contribution in [2.24, 2.45) is 5.92 Å². The summed E-state index contributed by atoms with van der Waals surface area (Å²) in [6.07, 6.45) is 2.67. The lowest BCUT2D eigenvalue weighted by atomic mass is 9.96. The van der Waals surface area contributed by atoms with Gasteiger partial charge in [-0.15, -0.1) is 0 Å². The number of fused-ring (bicyclic) bond motifs is 1. The molecule has 4 aromatic rings. The second-order valence-corrected chi connectivity index (χ2v) is 9.03. The standard InChI is InChI=1S/C20H24N2O3.C11H8O/c1-22-12-10-15(11-13-22)20(23)21-18-8-3-4-9-19(18)25-17-7-5-6-16(14-17)24-2;12-8-10-6-3-5-9-4-1-2-7-11(9)10/h3-9,14-15H,10-13H2,1-2H3,(H,21,23);1-8H. The van der Waals surface area contributed by atoms with E-state index in [1.807, 2.05) is 91.0 Å². The van der Waals surface area contributed by atoms with Gasteiger partial charge in [0.25, 0.3) is 0 Å². The highest BCUT2D eigenvalue weighted by Gasteiger charge is 2.24. The number of piperidine rings is 1. The Morgan fingerprint density at radius 3 is 2.35 bits per heavy atom. The minimum atomic E-state index is 0.0566. The van der Waals surface area contributed by atoms with E-state index in [0.29, 0.717) is 17.2 Å². The van der Waals surface area contributed by atoms with E-state index in [9.17, 15) is 9.59 Å². The van der Waals surface area contributed by atoms with E-state index in [0.717, 1.165) is 54.3 Å². The van der Waals surface area contributed by atoms with Crippen LogP contribution >= 0.6 is 0 Å². The molecule has 1 aliphatic heterocycles. The molecule has 0 bridgehead atoms. The topological polar surface area (TPSA) is 67.9 Å². The average molecular weight is 497 g/mol. The van der Waals surface area contributed by atoms with E-state index in [1.54, 1.807) is 7.11 Å². The summed E-state index contributed by atoms with van der Waals surface area (Å²) in [7, 11) is 3.71. The Morgan fingerprint density at radius 2 is 1.57 bits per heavy atom. The fourth-order valence-corrected chi connectivity index (χ4v) is 4.31. The second kappa shape index (κ2) is 12.7. The van der Waals surface area contributed by atoms with Crippen molar-refractivity contribution in [3.63, 3.8) is 0 Å². The van der Waals surface area contributed by atoms with Crippen LogP contribution in [0.25, 0.3) is 10.8 Å². The molecule has 1 fully saturated rings. The van der Waals surface area contributed by atoms with Crippen LogP contribution in [-0.2, 0) is 4.79 Å². The number of carbonyl (C=O) groups excluding carboxylic acids is 2. The third-order valence-corrected chi connectivity index (χ3v) is 6.45. The van der Waals surface area contributed by atoms with Crippen LogP contribution in [0.2, 0.25) is 0 Å². The highest BCUT2D eigenvalue weighted by molar-refractivity contribution is 5.98. The van der Waals surface area contributed by atoms with Crippen LogP contribution in [0.1, 0.15) is 23.2 Å². The molecule has 0 aliphatic carbocycles. The molecule has 0 aromatic heterocycles. The van der Waals surface area contributed by atoms with Gasteiger partial charge in [0.2, 0.25) is 5.91 Å². The number of benzene rings is 4. The number of likely N-dealkylation sites (tertiary alicyclic amines) is 1. The Balaban J connectivity index is 0.000000222. The van der Waals surface area contributed by atoms with E-state index in [2.05, 4.69) is 17.3 Å². The number of para-hydroxylation sites is 2. The number of carbonyl (C=O) groups is 2. The Morgan fingerprint density at radius 1 is 0.892 bits per heavy atom. The van der Waals surface area contributed by atoms with Crippen molar-refractivity contribution < 1.29 is 19.1 Å². The number of hydrogen-bond donors (Lipinski definition) is 1. The predicted molar refractivity (Wildman–Crippen MR) is 148 cm³/mol. The lowest BCUT2D eigenvalue weighted by Crippen LogP contribution is -2.35. The summed E-state index contributed by atoms with van der Waals surface area (Å²) < 4.78 is 11.2. The van der Waals surface area contributed by atoms with Gasteiger partial charge in [0.05, 0.1) is 12.8 Å². The zero-order valence-corrected chi connectivity index (χ0v) is 21.2. The van der Waals surface area contributed by atoms with Crippen LogP contribution in [0.3, 0.4) is 0 Å². The van der Waals surface area contributed by atoms with E-state index in [-0.39, 0.29) is 11.8 Å². The summed E-state index contributed by atoms with van der Waals surface area (Å²) in [6.45, 7) is 1.92. The monoisotopic (exact) mass is 496 g/mol. The van der Waals surface area contributed by atoms with E-state index in [1.165, 1.54) is 0 Å². The van der Waals surface area contributed by atoms with Crippen molar-refractivity contribution in [2.75, 3.05) is 32.6 Å². The number of amides is 1. The number of ether oxygens (including phenoxy) is 2. The summed E-state index contributed by atoms with van der Waals surface area (Å²) in [5.41, 5.74) is 1.45. The van der Waals surface area contributed by atoms with Crippen molar-refractivity contribution in [3.05, 3.63) is 96.6 Å². The van der Waals surface area contributed by atoms with Gasteiger partial charge < -0.3 is 19.7 Å². The highest BCUT2D eigenvalue weighted by atomic mass is 16.5. The smallest absolute Gasteiger partial charge is 0.227 e. The molecule has 0 saturated carbocycles. The highest BCUT2D eigenvalue weighted by Crippen LogP contribution is 2.31. The normalized spacial score (nSPS) is 13.8. The maximum Gasteiger partial charge on any atom is 0.227 e. The molecule has 0 radical (unpaired) electrons. The fourth-order valence-electron chi connectivity index (χ4n) is 4.31. The summed E-state index contributed by atoms with van der Waals surface area (Å²) in [4.78, 5) is 25.4. The predicted octanol–water partition coefficient (Wildman–Crippen LogP) is 6.42. The average Bonchev–Trinajstić information content (AvgIpc) is 2.94. The van der Waals surface area contributed by atoms with Crippen molar-refractivity contribution in [2.45, 2.75) is 12.8 Å². The number of rotatable bonds is 6. The van der Waals surface area contributed by atoms with Crippen molar-refractivity contribution in [3.8, 4) is 17.2 Å². The minimum absolute atomic E-state index is 0.0566. The number of nitrogens with zero attached hydrogens (tertiary/aromatic N) is 1. The Labute approximate surface area is 217 Å². The van der Waals surface area contributed by atoms with Gasteiger partial charge in [-0.3, -0.25) is 9.59 Å². The van der Waals surface area contributed by atoms with Crippen LogP contribution < -0.4 is 14.8 Å². The number of aldehydes is 1. The molecule has 0 unspecified atom stereocenters. The van der Waals surface area contributed by atoms with Crippen molar-refractivity contribution in [1.82, 2.24) is 4.90 Å². The molecule has 1 N–H and O–H groups in total. The summed E-state index contributed by atoms with van der Waals surface area (Å²) in [5.74, 6) is 2.14. The molecule has 1 heterocycles. The molecule has 1 saturated heterocycles. The molecule has 1 aliphatic rings. The Kier molecular flexibility index (Phi) is 8.89. The van der Waals surface area contributed by atoms with Crippen LogP contribution in [0, 0.1) is 5.92 Å². The van der Waals surface area contributed by atoms with Gasteiger partial charge in [0.15, 0.2) is 12.0 Å². The van der Waals surface area contributed by atoms with E-state index >= 15 is 0 Å². The first-order valence-corrected chi connectivity index (χ1v) is 12.4. The van der Waals surface area contributed by atoms with Crippen molar-refractivity contribution >= 4 is 28.7 Å². The van der Waals surface area contributed by atoms with Gasteiger partial charge in [0, 0.05) is 17.5 Å². The molecule has 0 spiro atoms. The molecule has 0 atom stereocenters. The summed E-state index contributed by atoms with van der Waals surface area (Å²) >= 11 is 0. The largest absolute Gasteiger partial charge is 0.497 e. The molecule has 190 valence electrons. The fraction of sp³-hybridized carbons (Fsp3) is 0.226. The summed E-state index contributed by atoms with van der Waals surface area (Å²) in [5, 5.41) is 5.17. The third kappa shape index (κ3) is 6.96. The molecule has 5 rings (SSSR count). The van der Waals surface area contributed by atoms with Crippen LogP contribution in [0.5, 0.6) is 17.2 Å². The number of hydrogen-bond acceptors (Lipinski definition) is 5. The Bertz CT molecular complexity index is 1340. The van der Waals surface area contributed by atoms with Gasteiger partial charge in [-0.25, -0.2) is 0 Å². The lowest BCUT2D eigenvalue weighted by molar-refractivity contribution is -0.121. The molecule has 37 heavy (non-hydrogen) atoms. The molecular formula is C31H32N2O4. The van der Waals surface area contributed by atoms with Crippen LogP contribution in [-0.4, -0.2) is 44.3 Å². The van der Waals surface area contributed by atoms with E-state index in [4.69, 9.17) is 9.47 Å². The maximum absolute atomic E-state index is 12.6. The quantitative estimate of drug-likeness (QED) is 0.312. The molecular weight excluding hydrogens is 464 g/mol. The zero-order chi connectivity index (χ0) is 26.0. The second-order valence-electron chi connectivity index (χ2n) is 9.03. The third-order valence-electron chi connectivity index (χ3n) is 6.45. The van der Waals surface area contributed by atoms with Gasteiger partial charge in [-0.1, -0.05) is 60.7 Å². The minimum Gasteiger partial charge on any atom is -0.497 e. The number of nitrogens with one attached hydrogen (secondary N) is 1. The molecule has 1 amide bonds. The van der Waals surface area contributed by atoms with Crippen LogP contribution in [0.15, 0.2) is 91.0 Å². The van der Waals surface area contributed by atoms with Crippen LogP contribution in [0.4, 0.5) is 5.69 Å². The Hall–Kier alpha value is -4.16. The number of anilines is 1. The maximum atomic E-state index is 12.6. The van der Waals surface area contributed by atoms with E-state index < -0.39 is 0 Å². The molecule has 6 nitrogen and oxygen atoms in total. The molecule has 4 aromatic carbocycles.